The van der Waals surface area contributed by atoms with E-state index in [1.807, 2.05) is 18.2 Å². The summed E-state index contributed by atoms with van der Waals surface area (Å²) < 4.78 is 8.72. The Hall–Kier alpha value is -0.100. The van der Waals surface area contributed by atoms with E-state index in [1.165, 1.54) is 0 Å². The summed E-state index contributed by atoms with van der Waals surface area (Å²) in [6.07, 6.45) is 2.77. The van der Waals surface area contributed by atoms with Gasteiger partial charge in [-0.3, -0.25) is 0 Å². The van der Waals surface area contributed by atoms with Gasteiger partial charge in [-0.15, -0.1) is 0 Å². The molecule has 0 aliphatic heterocycles. The summed E-state index contributed by atoms with van der Waals surface area (Å²) in [6.45, 7) is 3.08. The van der Waals surface area contributed by atoms with Gasteiger partial charge < -0.3 is 9.73 Å². The van der Waals surface area contributed by atoms with Crippen molar-refractivity contribution in [2.75, 3.05) is 6.54 Å². The molecule has 5 heteroatoms. The smallest absolute Gasteiger partial charge is 0.139 e. The van der Waals surface area contributed by atoms with Crippen molar-refractivity contribution in [3.05, 3.63) is 55.3 Å². The first kappa shape index (κ1) is 15.3. The van der Waals surface area contributed by atoms with Gasteiger partial charge in [-0.05, 0) is 58.7 Å². The van der Waals surface area contributed by atoms with Gasteiger partial charge in [0, 0.05) is 8.95 Å². The van der Waals surface area contributed by atoms with Crippen LogP contribution in [0.4, 0.5) is 0 Å². The average molecular weight is 452 g/mol. The molecule has 2 aromatic rings. The lowest BCUT2D eigenvalue weighted by Gasteiger charge is -2.19. The second kappa shape index (κ2) is 7.07. The van der Waals surface area contributed by atoms with Crippen molar-refractivity contribution < 1.29 is 4.42 Å². The molecule has 1 atom stereocenters. The Morgan fingerprint density at radius 2 is 1.95 bits per heavy atom. The Kier molecular flexibility index (Phi) is 5.69. The number of hydrogen-bond donors (Lipinski definition) is 1. The van der Waals surface area contributed by atoms with Crippen molar-refractivity contribution in [2.24, 2.45) is 0 Å². The highest BCUT2D eigenvalue weighted by Crippen LogP contribution is 2.34. The molecule has 1 unspecified atom stereocenters. The van der Waals surface area contributed by atoms with E-state index >= 15 is 0 Å². The molecule has 1 heterocycles. The SMILES string of the molecule is CCCNC(c1cc(Br)ccc1Br)c1occc1Br. The monoisotopic (exact) mass is 449 g/mol. The van der Waals surface area contributed by atoms with Crippen LogP contribution in [0.1, 0.15) is 30.7 Å². The molecular weight excluding hydrogens is 438 g/mol. The molecule has 19 heavy (non-hydrogen) atoms. The van der Waals surface area contributed by atoms with Crippen LogP contribution in [0.15, 0.2) is 48.4 Å². The van der Waals surface area contributed by atoms with Crippen LogP contribution in [0.2, 0.25) is 0 Å². The van der Waals surface area contributed by atoms with Crippen LogP contribution in [0, 0.1) is 0 Å². The third-order valence-electron chi connectivity index (χ3n) is 2.77. The number of benzene rings is 1. The zero-order chi connectivity index (χ0) is 13.8. The Bertz CT molecular complexity index is 553. The molecule has 0 saturated heterocycles. The summed E-state index contributed by atoms with van der Waals surface area (Å²) >= 11 is 10.7. The number of rotatable bonds is 5. The van der Waals surface area contributed by atoms with Gasteiger partial charge in [-0.2, -0.15) is 0 Å². The molecule has 0 saturated carbocycles. The fourth-order valence-corrected chi connectivity index (χ4v) is 3.16. The minimum atomic E-state index is 0.0243. The van der Waals surface area contributed by atoms with Crippen LogP contribution in [0.25, 0.3) is 0 Å². The van der Waals surface area contributed by atoms with E-state index in [-0.39, 0.29) is 6.04 Å². The maximum absolute atomic E-state index is 5.63. The Labute approximate surface area is 138 Å². The highest BCUT2D eigenvalue weighted by atomic mass is 79.9. The zero-order valence-electron chi connectivity index (χ0n) is 10.4. The molecule has 0 radical (unpaired) electrons. The van der Waals surface area contributed by atoms with E-state index in [2.05, 4.69) is 66.1 Å². The zero-order valence-corrected chi connectivity index (χ0v) is 15.2. The lowest BCUT2D eigenvalue weighted by atomic mass is 10.0. The van der Waals surface area contributed by atoms with Crippen molar-refractivity contribution in [1.29, 1.82) is 0 Å². The number of halogens is 3. The summed E-state index contributed by atoms with van der Waals surface area (Å²) in [7, 11) is 0. The molecule has 0 bridgehead atoms. The van der Waals surface area contributed by atoms with E-state index in [0.717, 1.165) is 37.7 Å². The first-order valence-corrected chi connectivity index (χ1v) is 8.42. The molecule has 2 rings (SSSR count). The molecule has 0 amide bonds. The van der Waals surface area contributed by atoms with Gasteiger partial charge in [-0.1, -0.05) is 38.8 Å². The van der Waals surface area contributed by atoms with Crippen molar-refractivity contribution in [3.63, 3.8) is 0 Å². The number of hydrogen-bond acceptors (Lipinski definition) is 2. The molecule has 0 fully saturated rings. The lowest BCUT2D eigenvalue weighted by Crippen LogP contribution is -2.23. The third-order valence-corrected chi connectivity index (χ3v) is 4.65. The van der Waals surface area contributed by atoms with Gasteiger partial charge >= 0.3 is 0 Å². The van der Waals surface area contributed by atoms with Gasteiger partial charge in [0.25, 0.3) is 0 Å². The van der Waals surface area contributed by atoms with Crippen molar-refractivity contribution in [1.82, 2.24) is 5.32 Å². The molecule has 2 nitrogen and oxygen atoms in total. The Morgan fingerprint density at radius 1 is 1.16 bits per heavy atom. The van der Waals surface area contributed by atoms with Gasteiger partial charge in [0.05, 0.1) is 16.8 Å². The van der Waals surface area contributed by atoms with Gasteiger partial charge in [0.15, 0.2) is 0 Å². The van der Waals surface area contributed by atoms with E-state index in [4.69, 9.17) is 4.42 Å². The van der Waals surface area contributed by atoms with Crippen LogP contribution in [0.5, 0.6) is 0 Å². The third kappa shape index (κ3) is 3.72. The predicted molar refractivity (Wildman–Crippen MR) is 88.4 cm³/mol. The number of furan rings is 1. The molecule has 0 aliphatic carbocycles. The minimum absolute atomic E-state index is 0.0243. The van der Waals surface area contributed by atoms with Crippen LogP contribution < -0.4 is 5.32 Å². The maximum Gasteiger partial charge on any atom is 0.139 e. The summed E-state index contributed by atoms with van der Waals surface area (Å²) in [6, 6.07) is 8.10. The second-order valence-electron chi connectivity index (χ2n) is 4.19. The van der Waals surface area contributed by atoms with E-state index in [0.29, 0.717) is 0 Å². The molecule has 0 spiro atoms. The molecule has 1 N–H and O–H groups in total. The summed E-state index contributed by atoms with van der Waals surface area (Å²) in [4.78, 5) is 0. The standard InChI is InChI=1S/C14H14Br3NO/c1-2-6-18-13(14-12(17)5-7-19-14)10-8-9(15)3-4-11(10)16/h3-5,7-8,13,18H,2,6H2,1H3. The van der Waals surface area contributed by atoms with E-state index in [1.54, 1.807) is 6.26 Å². The van der Waals surface area contributed by atoms with Gasteiger partial charge in [0.2, 0.25) is 0 Å². The topological polar surface area (TPSA) is 25.2 Å². The minimum Gasteiger partial charge on any atom is -0.466 e. The fraction of sp³-hybridized carbons (Fsp3) is 0.286. The van der Waals surface area contributed by atoms with Crippen molar-refractivity contribution in [3.8, 4) is 0 Å². The van der Waals surface area contributed by atoms with E-state index in [9.17, 15) is 0 Å². The van der Waals surface area contributed by atoms with Crippen LogP contribution >= 0.6 is 47.8 Å². The first-order valence-electron chi connectivity index (χ1n) is 6.04. The van der Waals surface area contributed by atoms with Crippen LogP contribution in [-0.4, -0.2) is 6.54 Å². The molecule has 1 aromatic heterocycles. The van der Waals surface area contributed by atoms with Crippen LogP contribution in [-0.2, 0) is 0 Å². The average Bonchev–Trinajstić information content (AvgIpc) is 2.80. The predicted octanol–water partition coefficient (Wildman–Crippen LogP) is 5.66. The molecular formula is C14H14Br3NO. The first-order chi connectivity index (χ1) is 9.13. The highest BCUT2D eigenvalue weighted by Gasteiger charge is 2.21. The van der Waals surface area contributed by atoms with Crippen LogP contribution in [0.3, 0.4) is 0 Å². The number of nitrogens with one attached hydrogen (secondary N) is 1. The normalized spacial score (nSPS) is 12.6. The van der Waals surface area contributed by atoms with Gasteiger partial charge in [0.1, 0.15) is 5.76 Å². The summed E-state index contributed by atoms with van der Waals surface area (Å²) in [5, 5.41) is 3.52. The molecule has 102 valence electrons. The Morgan fingerprint density at radius 3 is 2.58 bits per heavy atom. The quantitative estimate of drug-likeness (QED) is 0.634. The second-order valence-corrected chi connectivity index (χ2v) is 6.81. The summed E-state index contributed by atoms with van der Waals surface area (Å²) in [5.74, 6) is 0.896. The van der Waals surface area contributed by atoms with Crippen molar-refractivity contribution >= 4 is 47.8 Å². The van der Waals surface area contributed by atoms with E-state index < -0.39 is 0 Å². The largest absolute Gasteiger partial charge is 0.466 e. The van der Waals surface area contributed by atoms with Crippen molar-refractivity contribution in [2.45, 2.75) is 19.4 Å². The highest BCUT2D eigenvalue weighted by molar-refractivity contribution is 9.11. The maximum atomic E-state index is 5.63. The Balaban J connectivity index is 2.42. The molecule has 0 aliphatic rings. The van der Waals surface area contributed by atoms with Gasteiger partial charge in [-0.25, -0.2) is 0 Å². The summed E-state index contributed by atoms with van der Waals surface area (Å²) in [5.41, 5.74) is 1.15. The molecule has 1 aromatic carbocycles. The lowest BCUT2D eigenvalue weighted by molar-refractivity contribution is 0.443. The fourth-order valence-electron chi connectivity index (χ4n) is 1.88.